The number of phenolic OH excluding ortho intramolecular Hbond substituents is 1. The molecule has 92 valence electrons. The molecule has 1 rings (SSSR count). The van der Waals surface area contributed by atoms with E-state index in [1.54, 1.807) is 0 Å². The van der Waals surface area contributed by atoms with Crippen LogP contribution in [0.15, 0.2) is 18.2 Å². The molecule has 0 aliphatic rings. The topological polar surface area (TPSA) is 46.2 Å². The van der Waals surface area contributed by atoms with Crippen LogP contribution in [0, 0.1) is 5.41 Å². The van der Waals surface area contributed by atoms with Crippen LogP contribution in [0.25, 0.3) is 0 Å². The largest absolute Gasteiger partial charge is 0.507 e. The van der Waals surface area contributed by atoms with Crippen molar-refractivity contribution in [1.29, 1.82) is 0 Å². The lowest BCUT2D eigenvalue weighted by molar-refractivity contribution is 0.317. The lowest BCUT2D eigenvalue weighted by Gasteiger charge is -2.28. The van der Waals surface area contributed by atoms with Gasteiger partial charge in [0.25, 0.3) is 0 Å². The van der Waals surface area contributed by atoms with E-state index in [1.807, 2.05) is 25.1 Å². The van der Waals surface area contributed by atoms with Gasteiger partial charge in [-0.15, -0.1) is 12.4 Å². The highest BCUT2D eigenvalue weighted by atomic mass is 35.5. The first-order valence-electron chi connectivity index (χ1n) is 5.44. The van der Waals surface area contributed by atoms with Gasteiger partial charge >= 0.3 is 0 Å². The second kappa shape index (κ2) is 5.55. The van der Waals surface area contributed by atoms with Gasteiger partial charge in [0.1, 0.15) is 5.75 Å². The molecule has 1 aromatic carbocycles. The van der Waals surface area contributed by atoms with Gasteiger partial charge in [-0.1, -0.05) is 45.9 Å². The standard InChI is InChI=1S/C13H21NO.ClH/c1-5-9-7-6-8-10(11(9)15)12(14)13(2,3)4;/h6-8,12,15H,5,14H2,1-4H3;1H/t12-;/m1./s1. The molecule has 1 atom stereocenters. The number of hydrogen-bond acceptors (Lipinski definition) is 2. The zero-order valence-electron chi connectivity index (χ0n) is 10.4. The lowest BCUT2D eigenvalue weighted by Crippen LogP contribution is -2.26. The van der Waals surface area contributed by atoms with E-state index in [-0.39, 0.29) is 23.9 Å². The van der Waals surface area contributed by atoms with E-state index in [4.69, 9.17) is 5.73 Å². The fourth-order valence-corrected chi connectivity index (χ4v) is 1.61. The highest BCUT2D eigenvalue weighted by Gasteiger charge is 2.25. The summed E-state index contributed by atoms with van der Waals surface area (Å²) in [6, 6.07) is 5.67. The second-order valence-corrected chi connectivity index (χ2v) is 5.05. The van der Waals surface area contributed by atoms with Gasteiger partial charge in [0.2, 0.25) is 0 Å². The Morgan fingerprint density at radius 3 is 2.31 bits per heavy atom. The summed E-state index contributed by atoms with van der Waals surface area (Å²) < 4.78 is 0. The number of phenols is 1. The van der Waals surface area contributed by atoms with Crippen LogP contribution in [-0.2, 0) is 6.42 Å². The smallest absolute Gasteiger partial charge is 0.123 e. The van der Waals surface area contributed by atoms with Crippen molar-refractivity contribution < 1.29 is 5.11 Å². The van der Waals surface area contributed by atoms with Crippen molar-refractivity contribution >= 4 is 12.4 Å². The molecule has 0 unspecified atom stereocenters. The number of benzene rings is 1. The summed E-state index contributed by atoms with van der Waals surface area (Å²) in [6.07, 6.45) is 0.830. The predicted molar refractivity (Wildman–Crippen MR) is 71.1 cm³/mol. The molecule has 2 nitrogen and oxygen atoms in total. The van der Waals surface area contributed by atoms with E-state index in [2.05, 4.69) is 20.8 Å². The van der Waals surface area contributed by atoms with Gasteiger partial charge in [-0.2, -0.15) is 0 Å². The molecule has 0 spiro atoms. The third-order valence-corrected chi connectivity index (χ3v) is 2.80. The number of para-hydroxylation sites is 1. The van der Waals surface area contributed by atoms with Crippen molar-refractivity contribution in [3.8, 4) is 5.75 Å². The Morgan fingerprint density at radius 2 is 1.88 bits per heavy atom. The van der Waals surface area contributed by atoms with Crippen LogP contribution in [-0.4, -0.2) is 5.11 Å². The maximum Gasteiger partial charge on any atom is 0.123 e. The zero-order valence-corrected chi connectivity index (χ0v) is 11.3. The molecule has 0 aromatic heterocycles. The summed E-state index contributed by atoms with van der Waals surface area (Å²) in [7, 11) is 0. The third kappa shape index (κ3) is 3.13. The molecule has 0 aliphatic heterocycles. The Hall–Kier alpha value is -0.730. The molecule has 0 aliphatic carbocycles. The van der Waals surface area contributed by atoms with Crippen molar-refractivity contribution in [3.63, 3.8) is 0 Å². The molecule has 3 heteroatoms. The minimum absolute atomic E-state index is 0. The Morgan fingerprint density at radius 1 is 1.31 bits per heavy atom. The SMILES string of the molecule is CCc1cccc([C@@H](N)C(C)(C)C)c1O.Cl. The van der Waals surface area contributed by atoms with Crippen molar-refractivity contribution in [2.75, 3.05) is 0 Å². The van der Waals surface area contributed by atoms with E-state index in [0.717, 1.165) is 17.5 Å². The van der Waals surface area contributed by atoms with Gasteiger partial charge in [-0.25, -0.2) is 0 Å². The molecule has 0 saturated heterocycles. The van der Waals surface area contributed by atoms with Crippen LogP contribution in [0.2, 0.25) is 0 Å². The Kier molecular flexibility index (Phi) is 5.30. The van der Waals surface area contributed by atoms with Crippen LogP contribution in [0.5, 0.6) is 5.75 Å². The van der Waals surface area contributed by atoms with E-state index in [1.165, 1.54) is 0 Å². The number of aryl methyl sites for hydroxylation is 1. The summed E-state index contributed by atoms with van der Waals surface area (Å²) in [5.74, 6) is 0.363. The Balaban J connectivity index is 0.00000225. The lowest BCUT2D eigenvalue weighted by atomic mass is 9.82. The van der Waals surface area contributed by atoms with E-state index in [0.29, 0.717) is 5.75 Å². The molecule has 3 N–H and O–H groups in total. The predicted octanol–water partition coefficient (Wildman–Crippen LogP) is 3.42. The first-order valence-corrected chi connectivity index (χ1v) is 5.44. The fourth-order valence-electron chi connectivity index (χ4n) is 1.61. The normalized spacial score (nSPS) is 13.1. The number of nitrogens with two attached hydrogens (primary N) is 1. The number of halogens is 1. The van der Waals surface area contributed by atoms with Crippen LogP contribution >= 0.6 is 12.4 Å². The first-order chi connectivity index (χ1) is 6.88. The molecule has 1 aromatic rings. The molecule has 0 heterocycles. The highest BCUT2D eigenvalue weighted by molar-refractivity contribution is 5.85. The third-order valence-electron chi connectivity index (χ3n) is 2.80. The fraction of sp³-hybridized carbons (Fsp3) is 0.538. The van der Waals surface area contributed by atoms with Gasteiger partial charge in [0, 0.05) is 11.6 Å². The zero-order chi connectivity index (χ0) is 11.6. The second-order valence-electron chi connectivity index (χ2n) is 5.05. The number of hydrogen-bond donors (Lipinski definition) is 2. The minimum Gasteiger partial charge on any atom is -0.507 e. The van der Waals surface area contributed by atoms with E-state index < -0.39 is 0 Å². The molecule has 0 amide bonds. The van der Waals surface area contributed by atoms with Gasteiger partial charge in [0.15, 0.2) is 0 Å². The average molecular weight is 244 g/mol. The Bertz CT molecular complexity index is 344. The van der Waals surface area contributed by atoms with Crippen molar-refractivity contribution in [2.24, 2.45) is 11.1 Å². The molecular formula is C13H22ClNO. The average Bonchev–Trinajstić information content (AvgIpc) is 2.16. The van der Waals surface area contributed by atoms with Crippen molar-refractivity contribution in [1.82, 2.24) is 0 Å². The number of rotatable bonds is 2. The molecule has 16 heavy (non-hydrogen) atoms. The van der Waals surface area contributed by atoms with E-state index in [9.17, 15) is 5.11 Å². The van der Waals surface area contributed by atoms with Crippen molar-refractivity contribution in [3.05, 3.63) is 29.3 Å². The first kappa shape index (κ1) is 15.3. The summed E-state index contributed by atoms with van der Waals surface area (Å²) in [6.45, 7) is 8.27. The quantitative estimate of drug-likeness (QED) is 0.836. The monoisotopic (exact) mass is 243 g/mol. The van der Waals surface area contributed by atoms with Gasteiger partial charge in [-0.3, -0.25) is 0 Å². The van der Waals surface area contributed by atoms with E-state index >= 15 is 0 Å². The molecule has 0 bridgehead atoms. The number of aromatic hydroxyl groups is 1. The Labute approximate surface area is 104 Å². The molecule has 0 saturated carbocycles. The van der Waals surface area contributed by atoms with Gasteiger partial charge < -0.3 is 10.8 Å². The van der Waals surface area contributed by atoms with Crippen LogP contribution in [0.4, 0.5) is 0 Å². The summed E-state index contributed by atoms with van der Waals surface area (Å²) in [5.41, 5.74) is 7.91. The van der Waals surface area contributed by atoms with Crippen LogP contribution < -0.4 is 5.73 Å². The molecule has 0 fully saturated rings. The van der Waals surface area contributed by atoms with Crippen LogP contribution in [0.3, 0.4) is 0 Å². The summed E-state index contributed by atoms with van der Waals surface area (Å²) >= 11 is 0. The summed E-state index contributed by atoms with van der Waals surface area (Å²) in [4.78, 5) is 0. The molecule has 0 radical (unpaired) electrons. The minimum atomic E-state index is -0.135. The molecular weight excluding hydrogens is 222 g/mol. The van der Waals surface area contributed by atoms with Crippen molar-refractivity contribution in [2.45, 2.75) is 40.2 Å². The van der Waals surface area contributed by atoms with Gasteiger partial charge in [0.05, 0.1) is 0 Å². The summed E-state index contributed by atoms with van der Waals surface area (Å²) in [5, 5.41) is 10.0. The van der Waals surface area contributed by atoms with Gasteiger partial charge in [-0.05, 0) is 17.4 Å². The maximum absolute atomic E-state index is 10.0. The maximum atomic E-state index is 10.0. The highest BCUT2D eigenvalue weighted by Crippen LogP contribution is 2.36. The van der Waals surface area contributed by atoms with Crippen LogP contribution in [0.1, 0.15) is 44.9 Å².